The Bertz CT molecular complexity index is 346. The highest BCUT2D eigenvalue weighted by Crippen LogP contribution is 2.29. The van der Waals surface area contributed by atoms with Gasteiger partial charge >= 0.3 is 0 Å². The normalized spacial score (nSPS) is 29.0. The lowest BCUT2D eigenvalue weighted by molar-refractivity contribution is 0.101. The molecule has 0 saturated heterocycles. The molecule has 1 aliphatic rings. The fourth-order valence-electron chi connectivity index (χ4n) is 2.53. The zero-order valence-corrected chi connectivity index (χ0v) is 10.9. The summed E-state index contributed by atoms with van der Waals surface area (Å²) in [5.41, 5.74) is 7.41. The number of hydrogen-bond acceptors (Lipinski definition) is 2. The maximum Gasteiger partial charge on any atom is 0.119 e. The molecule has 2 rings (SSSR count). The van der Waals surface area contributed by atoms with Crippen molar-refractivity contribution in [2.75, 3.05) is 0 Å². The van der Waals surface area contributed by atoms with Crippen LogP contribution >= 0.6 is 0 Å². The number of hydrogen-bond donors (Lipinski definition) is 1. The summed E-state index contributed by atoms with van der Waals surface area (Å²) < 4.78 is 6.03. The van der Waals surface area contributed by atoms with Crippen LogP contribution in [0.1, 0.15) is 38.2 Å². The van der Waals surface area contributed by atoms with Gasteiger partial charge in [-0.1, -0.05) is 31.0 Å². The molecular weight excluding hydrogens is 210 g/mol. The van der Waals surface area contributed by atoms with Gasteiger partial charge in [0.2, 0.25) is 0 Å². The Hall–Kier alpha value is -1.02. The zero-order valence-electron chi connectivity index (χ0n) is 10.9. The molecule has 0 aromatic heterocycles. The van der Waals surface area contributed by atoms with E-state index in [0.29, 0.717) is 0 Å². The summed E-state index contributed by atoms with van der Waals surface area (Å²) >= 11 is 0. The van der Waals surface area contributed by atoms with Gasteiger partial charge in [-0.05, 0) is 44.2 Å². The molecule has 94 valence electrons. The van der Waals surface area contributed by atoms with Crippen LogP contribution in [0.2, 0.25) is 0 Å². The highest BCUT2D eigenvalue weighted by molar-refractivity contribution is 5.26. The summed E-state index contributed by atoms with van der Waals surface area (Å²) in [5, 5.41) is 0. The van der Waals surface area contributed by atoms with E-state index < -0.39 is 0 Å². The lowest BCUT2D eigenvalue weighted by Gasteiger charge is -2.33. The minimum Gasteiger partial charge on any atom is -0.489 e. The van der Waals surface area contributed by atoms with E-state index in [1.807, 2.05) is 12.1 Å². The predicted octanol–water partition coefficient (Wildman–Crippen LogP) is 3.28. The predicted molar refractivity (Wildman–Crippen MR) is 71.2 cm³/mol. The van der Waals surface area contributed by atoms with E-state index >= 15 is 0 Å². The number of rotatable bonds is 3. The molecule has 2 nitrogen and oxygen atoms in total. The SMILES string of the molecule is CCC1CCC(N)C(Oc2ccc(C)cc2)C1. The van der Waals surface area contributed by atoms with Crippen molar-refractivity contribution in [2.24, 2.45) is 11.7 Å². The van der Waals surface area contributed by atoms with Gasteiger partial charge in [0.25, 0.3) is 0 Å². The Morgan fingerprint density at radius 1 is 1.24 bits per heavy atom. The quantitative estimate of drug-likeness (QED) is 0.869. The maximum atomic E-state index is 6.15. The van der Waals surface area contributed by atoms with Crippen LogP contribution in [0.15, 0.2) is 24.3 Å². The van der Waals surface area contributed by atoms with Crippen molar-refractivity contribution in [3.05, 3.63) is 29.8 Å². The third-order valence-electron chi connectivity index (χ3n) is 3.84. The molecule has 0 aliphatic heterocycles. The summed E-state index contributed by atoms with van der Waals surface area (Å²) in [6.45, 7) is 4.34. The van der Waals surface area contributed by atoms with Gasteiger partial charge in [-0.3, -0.25) is 0 Å². The van der Waals surface area contributed by atoms with Crippen molar-refractivity contribution < 1.29 is 4.74 Å². The summed E-state index contributed by atoms with van der Waals surface area (Å²) in [7, 11) is 0. The molecular formula is C15H23NO. The Morgan fingerprint density at radius 2 is 1.94 bits per heavy atom. The molecule has 0 bridgehead atoms. The molecule has 0 heterocycles. The summed E-state index contributed by atoms with van der Waals surface area (Å²) in [6, 6.07) is 8.44. The average Bonchev–Trinajstić information content (AvgIpc) is 2.35. The van der Waals surface area contributed by atoms with E-state index in [-0.39, 0.29) is 12.1 Å². The van der Waals surface area contributed by atoms with Crippen molar-refractivity contribution in [3.63, 3.8) is 0 Å². The largest absolute Gasteiger partial charge is 0.489 e. The molecule has 1 saturated carbocycles. The van der Waals surface area contributed by atoms with Gasteiger partial charge in [0.15, 0.2) is 0 Å². The van der Waals surface area contributed by atoms with Crippen molar-refractivity contribution in [3.8, 4) is 5.75 Å². The molecule has 1 aliphatic carbocycles. The smallest absolute Gasteiger partial charge is 0.119 e. The molecule has 0 amide bonds. The molecule has 17 heavy (non-hydrogen) atoms. The van der Waals surface area contributed by atoms with Crippen molar-refractivity contribution in [1.82, 2.24) is 0 Å². The Morgan fingerprint density at radius 3 is 2.59 bits per heavy atom. The third kappa shape index (κ3) is 3.22. The van der Waals surface area contributed by atoms with Gasteiger partial charge in [0.1, 0.15) is 11.9 Å². The average molecular weight is 233 g/mol. The van der Waals surface area contributed by atoms with E-state index in [2.05, 4.69) is 26.0 Å². The standard InChI is InChI=1S/C15H23NO/c1-3-12-6-9-14(16)15(10-12)17-13-7-4-11(2)5-8-13/h4-5,7-8,12,14-15H,3,6,9-10,16H2,1-2H3. The second kappa shape index (κ2) is 5.54. The molecule has 2 N–H and O–H groups in total. The van der Waals surface area contributed by atoms with E-state index in [9.17, 15) is 0 Å². The first kappa shape index (κ1) is 12.4. The Balaban J connectivity index is 1.98. The first-order chi connectivity index (χ1) is 8.19. The summed E-state index contributed by atoms with van der Waals surface area (Å²) in [6.07, 6.45) is 4.88. The Labute approximate surface area is 104 Å². The third-order valence-corrected chi connectivity index (χ3v) is 3.84. The number of ether oxygens (including phenoxy) is 1. The molecule has 0 radical (unpaired) electrons. The van der Waals surface area contributed by atoms with Gasteiger partial charge in [-0.2, -0.15) is 0 Å². The van der Waals surface area contributed by atoms with Gasteiger partial charge in [-0.15, -0.1) is 0 Å². The van der Waals surface area contributed by atoms with Gasteiger partial charge < -0.3 is 10.5 Å². The summed E-state index contributed by atoms with van der Waals surface area (Å²) in [4.78, 5) is 0. The minimum absolute atomic E-state index is 0.191. The summed E-state index contributed by atoms with van der Waals surface area (Å²) in [5.74, 6) is 1.73. The molecule has 0 spiro atoms. The fourth-order valence-corrected chi connectivity index (χ4v) is 2.53. The van der Waals surface area contributed by atoms with Gasteiger partial charge in [-0.25, -0.2) is 0 Å². The molecule has 2 heteroatoms. The molecule has 1 fully saturated rings. The van der Waals surface area contributed by atoms with Crippen molar-refractivity contribution in [1.29, 1.82) is 0 Å². The van der Waals surface area contributed by atoms with Crippen LogP contribution in [0.5, 0.6) is 5.75 Å². The fraction of sp³-hybridized carbons (Fsp3) is 0.600. The van der Waals surface area contributed by atoms with Crippen LogP contribution in [0.4, 0.5) is 0 Å². The number of benzene rings is 1. The number of aryl methyl sites for hydroxylation is 1. The van der Waals surface area contributed by atoms with E-state index in [1.165, 1.54) is 18.4 Å². The van der Waals surface area contributed by atoms with Crippen LogP contribution in [-0.2, 0) is 0 Å². The number of nitrogens with two attached hydrogens (primary N) is 1. The van der Waals surface area contributed by atoms with Gasteiger partial charge in [0.05, 0.1) is 0 Å². The zero-order chi connectivity index (χ0) is 12.3. The van der Waals surface area contributed by atoms with Crippen LogP contribution in [-0.4, -0.2) is 12.1 Å². The first-order valence-corrected chi connectivity index (χ1v) is 6.68. The van der Waals surface area contributed by atoms with E-state index in [4.69, 9.17) is 10.5 Å². The molecule has 1 aromatic carbocycles. The minimum atomic E-state index is 0.191. The lowest BCUT2D eigenvalue weighted by Crippen LogP contribution is -2.43. The van der Waals surface area contributed by atoms with Crippen LogP contribution in [0, 0.1) is 12.8 Å². The van der Waals surface area contributed by atoms with Gasteiger partial charge in [0, 0.05) is 6.04 Å². The van der Waals surface area contributed by atoms with Crippen molar-refractivity contribution >= 4 is 0 Å². The monoisotopic (exact) mass is 233 g/mol. The second-order valence-corrected chi connectivity index (χ2v) is 5.22. The van der Waals surface area contributed by atoms with E-state index in [1.54, 1.807) is 0 Å². The highest BCUT2D eigenvalue weighted by Gasteiger charge is 2.28. The van der Waals surface area contributed by atoms with E-state index in [0.717, 1.165) is 24.5 Å². The first-order valence-electron chi connectivity index (χ1n) is 6.68. The van der Waals surface area contributed by atoms with Crippen molar-refractivity contribution in [2.45, 2.75) is 51.7 Å². The molecule has 3 unspecified atom stereocenters. The second-order valence-electron chi connectivity index (χ2n) is 5.22. The topological polar surface area (TPSA) is 35.2 Å². The van der Waals surface area contributed by atoms with Crippen LogP contribution < -0.4 is 10.5 Å². The molecule has 1 aromatic rings. The maximum absolute atomic E-state index is 6.15. The highest BCUT2D eigenvalue weighted by atomic mass is 16.5. The molecule has 3 atom stereocenters. The Kier molecular flexibility index (Phi) is 4.06. The van der Waals surface area contributed by atoms with Crippen LogP contribution in [0.3, 0.4) is 0 Å². The lowest BCUT2D eigenvalue weighted by atomic mass is 9.83. The van der Waals surface area contributed by atoms with Crippen LogP contribution in [0.25, 0.3) is 0 Å².